The predicted molar refractivity (Wildman–Crippen MR) is 424 cm³/mol. The molecule has 3 aromatic carbocycles. The van der Waals surface area contributed by atoms with Crippen LogP contribution in [0.25, 0.3) is 14.5 Å². The normalized spacial score (nSPS) is 24.9. The summed E-state index contributed by atoms with van der Waals surface area (Å²) in [5.74, 6) is -4.59. The number of nitrogens with one attached hydrogen (secondary N) is 3. The number of hydrogen-bond donors (Lipinski definition) is 6. The first-order chi connectivity index (χ1) is 54.5. The van der Waals surface area contributed by atoms with E-state index >= 15 is 0 Å². The van der Waals surface area contributed by atoms with Crippen LogP contribution in [0.3, 0.4) is 0 Å². The fourth-order valence-corrected chi connectivity index (χ4v) is 17.1. The molecule has 3 fully saturated rings. The van der Waals surface area contributed by atoms with Gasteiger partial charge in [0.15, 0.2) is 32.6 Å². The van der Waals surface area contributed by atoms with Crippen LogP contribution in [0.2, 0.25) is 0 Å². The lowest BCUT2D eigenvalue weighted by Gasteiger charge is -2.24. The van der Waals surface area contributed by atoms with E-state index in [1.165, 1.54) is 70.9 Å². The third-order valence-electron chi connectivity index (χ3n) is 16.1. The first-order valence-electron chi connectivity index (χ1n) is 37.3. The van der Waals surface area contributed by atoms with Gasteiger partial charge in [-0.15, -0.1) is 0 Å². The standard InChI is InChI=1S/3C24H30N3O7PS2/c3*1-14(2)32-23(29)16(4)13-35(30,34-17-9-7-6-8-10-17)31-12-18-20(28)19(25-5)22(33-18)27-11-15(3)21(36)26-24(27)37/h3*6-11,14,16,18-20,22,28H,12-13H2,1-4H3,(H,26,36,37)/t16-,18+,19-,20?,22+,35?;16-,18+,19-,20?,22+,35+;16-,18+,19-,20?,22+,35-/m111/s1/i3*12D2. The average molecular weight is 1710 g/mol. The minimum absolute atomic E-state index is 0.106. The van der Waals surface area contributed by atoms with Crippen LogP contribution in [0, 0.1) is 86.5 Å². The Morgan fingerprint density at radius 1 is 0.450 bits per heavy atom. The second-order valence-electron chi connectivity index (χ2n) is 26.5. The molecule has 30 nitrogen and oxygen atoms in total. The maximum atomic E-state index is 14.0. The molecule has 3 saturated heterocycles. The molecule has 0 spiro atoms. The number of para-hydroxylation sites is 3. The van der Waals surface area contributed by atoms with E-state index in [1.807, 2.05) is 0 Å². The molecule has 0 amide bonds. The van der Waals surface area contributed by atoms with E-state index in [-0.39, 0.29) is 31.6 Å². The van der Waals surface area contributed by atoms with E-state index in [0.29, 0.717) is 30.6 Å². The highest BCUT2D eigenvalue weighted by Crippen LogP contribution is 2.54. The zero-order chi connectivity index (χ0) is 87.4. The van der Waals surface area contributed by atoms with Gasteiger partial charge in [0.2, 0.25) is 18.7 Å². The summed E-state index contributed by atoms with van der Waals surface area (Å²) in [6, 6.07) is 20.0. The van der Waals surface area contributed by atoms with Crippen LogP contribution in [0.15, 0.2) is 110 Å². The number of H-pyrrole nitrogens is 3. The van der Waals surface area contributed by atoms with Crippen LogP contribution in [0.1, 0.15) is 106 Å². The number of aliphatic hydroxyl groups excluding tert-OH is 3. The molecule has 600 valence electrons. The Hall–Kier alpha value is -7.17. The molecular weight excluding hydrogens is 1610 g/mol. The number of aryl methyl sites for hydroxylation is 3. The SMILES string of the molecule is [2H]C([2H])(OP(=O)(C[C@@H](C)C(=O)OC(C)C)Oc1ccccc1)[C@@H]1O[C@H](n2cc(C)c(=S)[nH]c2=S)[C@H]([N+]#[C-])C1O.[2H]C([2H])(O[P@@](=O)(C[C@@H](C)C(=O)OC(C)C)Oc1ccccc1)[C@@H]1O[C@H](n2cc(C)c(=S)[nH]c2=S)[C@H]([N+]#[C-])C1O.[2H]C([2H])(O[P@](=O)(C[C@@H](C)C(=O)OC(C)C)Oc1ccccc1)[C@@H]1O[C@H](n2cc(C)c(=S)[nH]c2=S)[C@H]([N+]#[C-])C1O. The van der Waals surface area contributed by atoms with Gasteiger partial charge in [-0.3, -0.25) is 41.7 Å². The molecule has 3 aliphatic rings. The van der Waals surface area contributed by atoms with Crippen molar-refractivity contribution >= 4 is 114 Å². The van der Waals surface area contributed by atoms with Crippen LogP contribution in [0.4, 0.5) is 0 Å². The Bertz CT molecular complexity index is 4690. The van der Waals surface area contributed by atoms with Crippen molar-refractivity contribution in [1.82, 2.24) is 28.7 Å². The number of rotatable bonds is 30. The lowest BCUT2D eigenvalue weighted by atomic mass is 10.1. The molecule has 9 rings (SSSR count). The van der Waals surface area contributed by atoms with E-state index in [2.05, 4.69) is 29.5 Å². The fraction of sp³-hybridized carbons (Fsp3) is 0.500. The Labute approximate surface area is 682 Å². The zero-order valence-corrected chi connectivity index (χ0v) is 69.7. The monoisotopic (exact) mass is 1710 g/mol. The molecule has 3 aliphatic heterocycles. The van der Waals surface area contributed by atoms with Crippen LogP contribution < -0.4 is 13.6 Å². The van der Waals surface area contributed by atoms with E-state index in [4.69, 9.17) is 157 Å². The van der Waals surface area contributed by atoms with Gasteiger partial charge in [0.05, 0.1) is 82.5 Å². The van der Waals surface area contributed by atoms with Gasteiger partial charge in [-0.05, 0) is 135 Å². The summed E-state index contributed by atoms with van der Waals surface area (Å²) in [4.78, 5) is 56.1. The van der Waals surface area contributed by atoms with Gasteiger partial charge in [0.1, 0.15) is 49.5 Å². The minimum atomic E-state index is -4.43. The summed E-state index contributed by atoms with van der Waals surface area (Å²) < 4.78 is 165. The Morgan fingerprint density at radius 2 is 0.676 bits per heavy atom. The molecule has 6 aromatic rings. The van der Waals surface area contributed by atoms with Gasteiger partial charge in [0.25, 0.3) is 18.1 Å². The van der Waals surface area contributed by atoms with Crippen LogP contribution in [-0.2, 0) is 70.1 Å². The number of carbonyl (C=O) groups excluding carboxylic acids is 3. The van der Waals surface area contributed by atoms with Gasteiger partial charge in [0, 0.05) is 35.3 Å². The highest BCUT2D eigenvalue weighted by atomic mass is 32.1. The fourth-order valence-electron chi connectivity index (χ4n) is 10.6. The van der Waals surface area contributed by atoms with Gasteiger partial charge in [-0.2, -0.15) is 0 Å². The smallest absolute Gasteiger partial charge is 0.380 e. The van der Waals surface area contributed by atoms with Crippen molar-refractivity contribution < 1.29 is 107 Å². The van der Waals surface area contributed by atoms with Crippen molar-refractivity contribution in [3.63, 3.8) is 0 Å². The van der Waals surface area contributed by atoms with Crippen molar-refractivity contribution in [3.05, 3.63) is 189 Å². The van der Waals surface area contributed by atoms with Gasteiger partial charge in [-0.1, -0.05) is 112 Å². The number of carbonyl (C=O) groups is 3. The van der Waals surface area contributed by atoms with Gasteiger partial charge >= 0.3 is 40.7 Å². The molecule has 0 radical (unpaired) electrons. The quantitative estimate of drug-likeness (QED) is 0.00802. The zero-order valence-electron chi connectivity index (χ0n) is 68.1. The summed E-state index contributed by atoms with van der Waals surface area (Å²) in [6.45, 7) is 33.5. The Morgan fingerprint density at radius 3 is 0.883 bits per heavy atom. The van der Waals surface area contributed by atoms with Crippen molar-refractivity contribution in [2.24, 2.45) is 17.8 Å². The summed E-state index contributed by atoms with van der Waals surface area (Å²) in [6.07, 6.45) is -12.2. The molecule has 6 heterocycles. The number of ether oxygens (including phenoxy) is 6. The van der Waals surface area contributed by atoms with Crippen LogP contribution >= 0.6 is 96.1 Å². The molecule has 18 atom stereocenters. The largest absolute Gasteiger partial charge is 0.463 e. The average Bonchev–Trinajstić information content (AvgIpc) is 1.64. The molecule has 3 aromatic heterocycles. The summed E-state index contributed by atoms with van der Waals surface area (Å²) in [7, 11) is -13.3. The van der Waals surface area contributed by atoms with Crippen molar-refractivity contribution in [2.75, 3.05) is 38.2 Å². The topological polar surface area (TPSA) is 349 Å². The molecular formula is C72H90N9O21P3S6. The number of hydrogen-bond acceptors (Lipinski definition) is 27. The lowest BCUT2D eigenvalue weighted by molar-refractivity contribution is -0.152. The molecule has 111 heavy (non-hydrogen) atoms. The molecule has 0 aliphatic carbocycles. The molecule has 0 bridgehead atoms. The van der Waals surface area contributed by atoms with Crippen molar-refractivity contribution in [1.29, 1.82) is 0 Å². The van der Waals surface area contributed by atoms with Crippen LogP contribution in [0.5, 0.6) is 17.2 Å². The maximum Gasteiger partial charge on any atom is 0.380 e. The van der Waals surface area contributed by atoms with Gasteiger partial charge in [-0.25, -0.2) is 33.4 Å². The van der Waals surface area contributed by atoms with E-state index in [0.717, 1.165) is 0 Å². The second kappa shape index (κ2) is 41.2. The Kier molecular flexibility index (Phi) is 30.4. The summed E-state index contributed by atoms with van der Waals surface area (Å²) >= 11 is 31.5. The van der Waals surface area contributed by atoms with Crippen molar-refractivity contribution in [3.8, 4) is 17.2 Å². The number of aromatic nitrogens is 6. The second-order valence-corrected chi connectivity index (χ2v) is 34.7. The summed E-state index contributed by atoms with van der Waals surface area (Å²) in [5, 5.41) is 32.8. The third-order valence-corrected chi connectivity index (χ3v) is 23.9. The third kappa shape index (κ3) is 25.4. The first kappa shape index (κ1) is 81.8. The summed E-state index contributed by atoms with van der Waals surface area (Å²) in [5.41, 5.74) is 1.85. The number of esters is 3. The number of aromatic amines is 3. The van der Waals surface area contributed by atoms with Gasteiger partial charge < -0.3 is 86.8 Å². The number of nitrogens with zero attached hydrogens (tertiary/aromatic N) is 6. The molecule has 39 heteroatoms. The number of benzene rings is 3. The van der Waals surface area contributed by atoms with E-state index < -0.39 is 188 Å². The molecule has 4 unspecified atom stereocenters. The van der Waals surface area contributed by atoms with E-state index in [1.54, 1.807) is 136 Å². The predicted octanol–water partition coefficient (Wildman–Crippen LogP) is 15.0. The van der Waals surface area contributed by atoms with Crippen molar-refractivity contribution in [2.45, 2.75) is 175 Å². The molecule has 0 saturated carbocycles. The number of aliphatic hydroxyl groups is 3. The maximum absolute atomic E-state index is 14.0. The van der Waals surface area contributed by atoms with E-state index in [9.17, 15) is 43.4 Å². The lowest BCUT2D eigenvalue weighted by Crippen LogP contribution is -2.32. The Balaban J connectivity index is 0.000000242. The molecule has 6 N–H and O–H groups in total. The highest BCUT2D eigenvalue weighted by molar-refractivity contribution is 7.72. The highest BCUT2D eigenvalue weighted by Gasteiger charge is 2.54. The minimum Gasteiger partial charge on any atom is -0.463 e. The van der Waals surface area contributed by atoms with Crippen LogP contribution in [-0.4, -0.2) is 173 Å². The first-order valence-corrected chi connectivity index (χ1v) is 42.0.